The molecule has 1 aromatic rings. The number of hydrogen-bond acceptors (Lipinski definition) is 3. The minimum absolute atomic E-state index is 0.0513. The molecule has 4 heteroatoms. The Morgan fingerprint density at radius 1 is 1.32 bits per heavy atom. The summed E-state index contributed by atoms with van der Waals surface area (Å²) in [5, 5.41) is 2.91. The van der Waals surface area contributed by atoms with Crippen molar-refractivity contribution in [2.24, 2.45) is 5.73 Å². The van der Waals surface area contributed by atoms with Crippen LogP contribution >= 0.6 is 0 Å². The monoisotopic (exact) mass is 263 g/mol. The zero-order chi connectivity index (χ0) is 14.3. The van der Waals surface area contributed by atoms with Crippen LogP contribution in [-0.2, 0) is 4.79 Å². The van der Waals surface area contributed by atoms with Crippen LogP contribution < -0.4 is 11.1 Å². The number of benzene rings is 1. The van der Waals surface area contributed by atoms with Gasteiger partial charge in [0.05, 0.1) is 6.54 Å². The van der Waals surface area contributed by atoms with E-state index in [1.54, 1.807) is 0 Å². The highest BCUT2D eigenvalue weighted by Gasteiger charge is 2.18. The predicted molar refractivity (Wildman–Crippen MR) is 78.8 cm³/mol. The van der Waals surface area contributed by atoms with Crippen molar-refractivity contribution in [1.29, 1.82) is 0 Å². The molecule has 0 spiro atoms. The van der Waals surface area contributed by atoms with Crippen LogP contribution in [0, 0.1) is 0 Å². The van der Waals surface area contributed by atoms with Gasteiger partial charge in [-0.2, -0.15) is 0 Å². The molecule has 19 heavy (non-hydrogen) atoms. The van der Waals surface area contributed by atoms with E-state index in [0.717, 1.165) is 6.42 Å². The lowest BCUT2D eigenvalue weighted by molar-refractivity contribution is -0.123. The molecule has 0 saturated carbocycles. The fourth-order valence-corrected chi connectivity index (χ4v) is 2.18. The maximum absolute atomic E-state index is 11.8. The highest BCUT2D eigenvalue weighted by atomic mass is 16.2. The third kappa shape index (κ3) is 5.41. The lowest BCUT2D eigenvalue weighted by atomic mass is 10.0. The Bertz CT molecular complexity index is 378. The van der Waals surface area contributed by atoms with Crippen LogP contribution in [-0.4, -0.2) is 37.0 Å². The highest BCUT2D eigenvalue weighted by Crippen LogP contribution is 2.21. The Hall–Kier alpha value is -1.39. The van der Waals surface area contributed by atoms with E-state index in [9.17, 15) is 4.79 Å². The van der Waals surface area contributed by atoms with E-state index in [0.29, 0.717) is 13.1 Å². The number of carbonyl (C=O) groups is 1. The average molecular weight is 263 g/mol. The van der Waals surface area contributed by atoms with E-state index in [1.165, 1.54) is 5.56 Å². The first-order valence-electron chi connectivity index (χ1n) is 6.79. The van der Waals surface area contributed by atoms with E-state index in [1.807, 2.05) is 39.1 Å². The quantitative estimate of drug-likeness (QED) is 0.784. The van der Waals surface area contributed by atoms with E-state index in [2.05, 4.69) is 22.3 Å². The molecule has 0 aromatic heterocycles. The Morgan fingerprint density at radius 2 is 1.95 bits per heavy atom. The summed E-state index contributed by atoms with van der Waals surface area (Å²) in [6.45, 7) is 4.92. The van der Waals surface area contributed by atoms with Crippen molar-refractivity contribution in [1.82, 2.24) is 10.2 Å². The number of nitrogens with zero attached hydrogens (tertiary/aromatic N) is 1. The van der Waals surface area contributed by atoms with E-state index >= 15 is 0 Å². The van der Waals surface area contributed by atoms with Gasteiger partial charge in [-0.05, 0) is 39.4 Å². The van der Waals surface area contributed by atoms with Crippen molar-refractivity contribution >= 4 is 5.91 Å². The molecule has 0 bridgehead atoms. The lowest BCUT2D eigenvalue weighted by Crippen LogP contribution is -2.40. The summed E-state index contributed by atoms with van der Waals surface area (Å²) >= 11 is 0. The second-order valence-electron chi connectivity index (χ2n) is 5.14. The Kier molecular flexibility index (Phi) is 6.53. The smallest absolute Gasteiger partial charge is 0.234 e. The maximum atomic E-state index is 11.8. The number of likely N-dealkylation sites (N-methyl/N-ethyl adjacent to an activating group) is 1. The number of nitrogens with two attached hydrogens (primary N) is 1. The minimum atomic E-state index is 0.0513. The van der Waals surface area contributed by atoms with Crippen molar-refractivity contribution in [3.8, 4) is 0 Å². The summed E-state index contributed by atoms with van der Waals surface area (Å²) in [5.41, 5.74) is 6.89. The number of hydrogen-bond donors (Lipinski definition) is 2. The molecule has 0 aliphatic rings. The van der Waals surface area contributed by atoms with Crippen LogP contribution in [0.2, 0.25) is 0 Å². The van der Waals surface area contributed by atoms with Gasteiger partial charge in [-0.15, -0.1) is 0 Å². The van der Waals surface area contributed by atoms with Crippen LogP contribution in [0.5, 0.6) is 0 Å². The summed E-state index contributed by atoms with van der Waals surface area (Å²) < 4.78 is 0. The van der Waals surface area contributed by atoms with Gasteiger partial charge in [-0.3, -0.25) is 9.69 Å². The van der Waals surface area contributed by atoms with Crippen LogP contribution in [0.1, 0.15) is 31.9 Å². The van der Waals surface area contributed by atoms with E-state index in [-0.39, 0.29) is 18.0 Å². The second kappa shape index (κ2) is 7.92. The summed E-state index contributed by atoms with van der Waals surface area (Å²) in [4.78, 5) is 13.9. The van der Waals surface area contributed by atoms with E-state index in [4.69, 9.17) is 5.73 Å². The first kappa shape index (κ1) is 15.7. The topological polar surface area (TPSA) is 58.4 Å². The minimum Gasteiger partial charge on any atom is -0.353 e. The molecular formula is C15H25N3O. The third-order valence-electron chi connectivity index (χ3n) is 3.00. The summed E-state index contributed by atoms with van der Waals surface area (Å²) in [6, 6.07) is 10.5. The molecule has 3 N–H and O–H groups in total. The Morgan fingerprint density at radius 3 is 2.47 bits per heavy atom. The van der Waals surface area contributed by atoms with Crippen LogP contribution in [0.15, 0.2) is 30.3 Å². The van der Waals surface area contributed by atoms with Crippen LogP contribution in [0.3, 0.4) is 0 Å². The molecule has 1 rings (SSSR count). The normalized spacial score (nSPS) is 12.7. The highest BCUT2D eigenvalue weighted by molar-refractivity contribution is 5.78. The SMILES string of the molecule is CC(C)NC(=O)CN(C)C(CCN)c1ccccc1. The molecule has 106 valence electrons. The largest absolute Gasteiger partial charge is 0.353 e. The maximum Gasteiger partial charge on any atom is 0.234 e. The predicted octanol–water partition coefficient (Wildman–Crippen LogP) is 1.53. The van der Waals surface area contributed by atoms with Gasteiger partial charge < -0.3 is 11.1 Å². The second-order valence-corrected chi connectivity index (χ2v) is 5.14. The van der Waals surface area contributed by atoms with Gasteiger partial charge in [-0.1, -0.05) is 30.3 Å². The molecule has 0 aliphatic heterocycles. The Labute approximate surface area is 116 Å². The average Bonchev–Trinajstić information content (AvgIpc) is 2.35. The Balaban J connectivity index is 2.68. The van der Waals surface area contributed by atoms with Crippen molar-refractivity contribution in [2.75, 3.05) is 20.1 Å². The number of rotatable bonds is 7. The van der Waals surface area contributed by atoms with Crippen molar-refractivity contribution in [3.63, 3.8) is 0 Å². The molecule has 0 radical (unpaired) electrons. The first-order valence-corrected chi connectivity index (χ1v) is 6.79. The van der Waals surface area contributed by atoms with Gasteiger partial charge in [0.1, 0.15) is 0 Å². The van der Waals surface area contributed by atoms with Gasteiger partial charge in [0.2, 0.25) is 5.91 Å². The first-order chi connectivity index (χ1) is 9.04. The van der Waals surface area contributed by atoms with Crippen LogP contribution in [0.25, 0.3) is 0 Å². The molecule has 0 fully saturated rings. The fraction of sp³-hybridized carbons (Fsp3) is 0.533. The van der Waals surface area contributed by atoms with Crippen LogP contribution in [0.4, 0.5) is 0 Å². The van der Waals surface area contributed by atoms with Gasteiger partial charge in [0.25, 0.3) is 0 Å². The van der Waals surface area contributed by atoms with Gasteiger partial charge in [0, 0.05) is 12.1 Å². The molecule has 0 aliphatic carbocycles. The molecule has 1 amide bonds. The van der Waals surface area contributed by atoms with Gasteiger partial charge >= 0.3 is 0 Å². The molecule has 1 atom stereocenters. The van der Waals surface area contributed by atoms with Crippen molar-refractivity contribution in [2.45, 2.75) is 32.4 Å². The van der Waals surface area contributed by atoms with Gasteiger partial charge in [-0.25, -0.2) is 0 Å². The molecule has 1 aromatic carbocycles. The molecular weight excluding hydrogens is 238 g/mol. The molecule has 0 heterocycles. The zero-order valence-corrected chi connectivity index (χ0v) is 12.1. The van der Waals surface area contributed by atoms with E-state index < -0.39 is 0 Å². The number of nitrogens with one attached hydrogen (secondary N) is 1. The lowest BCUT2D eigenvalue weighted by Gasteiger charge is -2.28. The van der Waals surface area contributed by atoms with Gasteiger partial charge in [0.15, 0.2) is 0 Å². The third-order valence-corrected chi connectivity index (χ3v) is 3.00. The fourth-order valence-electron chi connectivity index (χ4n) is 2.18. The summed E-state index contributed by atoms with van der Waals surface area (Å²) in [7, 11) is 1.97. The number of carbonyl (C=O) groups excluding carboxylic acids is 1. The molecule has 0 saturated heterocycles. The molecule has 1 unspecified atom stereocenters. The van der Waals surface area contributed by atoms with Crippen molar-refractivity contribution in [3.05, 3.63) is 35.9 Å². The summed E-state index contributed by atoms with van der Waals surface area (Å²) in [6.07, 6.45) is 0.843. The summed E-state index contributed by atoms with van der Waals surface area (Å²) in [5.74, 6) is 0.0513. The number of amides is 1. The standard InChI is InChI=1S/C15H25N3O/c1-12(2)17-15(19)11-18(3)14(9-10-16)13-7-5-4-6-8-13/h4-8,12,14H,9-11,16H2,1-3H3,(H,17,19). The zero-order valence-electron chi connectivity index (χ0n) is 12.1. The van der Waals surface area contributed by atoms with Crippen molar-refractivity contribution < 1.29 is 4.79 Å². The molecule has 4 nitrogen and oxygen atoms in total.